The third-order valence-electron chi connectivity index (χ3n) is 1.47. The largest absolute Gasteiger partial charge is 0.396 e. The van der Waals surface area contributed by atoms with Crippen LogP contribution in [0, 0.1) is 0 Å². The van der Waals surface area contributed by atoms with Crippen LogP contribution < -0.4 is 11.5 Å². The molecule has 0 bridgehead atoms. The van der Waals surface area contributed by atoms with Gasteiger partial charge in [-0.3, -0.25) is 4.68 Å². The predicted molar refractivity (Wildman–Crippen MR) is 40.2 cm³/mol. The average Bonchev–Trinajstić information content (AvgIpc) is 2.30. The van der Waals surface area contributed by atoms with Crippen molar-refractivity contribution in [3.8, 4) is 0 Å². The summed E-state index contributed by atoms with van der Waals surface area (Å²) in [6.07, 6.45) is 1.63. The summed E-state index contributed by atoms with van der Waals surface area (Å²) in [5.41, 5.74) is 12.6. The van der Waals surface area contributed by atoms with E-state index >= 15 is 0 Å². The highest BCUT2D eigenvalue weighted by Crippen LogP contribution is 2.08. The minimum atomic E-state index is 0.458. The minimum absolute atomic E-state index is 0.458. The number of nitrogen functional groups attached to an aromatic ring is 1. The summed E-state index contributed by atoms with van der Waals surface area (Å²) in [5.74, 6) is 0. The monoisotopic (exact) mass is 140 g/mol. The number of nitrogens with two attached hydrogens (primary N) is 2. The number of nitrogens with zero attached hydrogens (tertiary/aromatic N) is 2. The molecule has 56 valence electrons. The highest BCUT2D eigenvalue weighted by atomic mass is 15.3. The molecule has 4 N–H and O–H groups in total. The van der Waals surface area contributed by atoms with Gasteiger partial charge in [0.15, 0.2) is 0 Å². The fourth-order valence-corrected chi connectivity index (χ4v) is 0.921. The second kappa shape index (κ2) is 2.70. The third-order valence-corrected chi connectivity index (χ3v) is 1.47. The molecule has 0 aliphatic rings. The first-order valence-electron chi connectivity index (χ1n) is 3.29. The quantitative estimate of drug-likeness (QED) is 0.604. The van der Waals surface area contributed by atoms with Gasteiger partial charge in [-0.25, -0.2) is 0 Å². The topological polar surface area (TPSA) is 69.9 Å². The maximum Gasteiger partial charge on any atom is 0.0749 e. The van der Waals surface area contributed by atoms with Gasteiger partial charge >= 0.3 is 0 Å². The third kappa shape index (κ3) is 0.974. The van der Waals surface area contributed by atoms with Crippen molar-refractivity contribution in [1.82, 2.24) is 9.78 Å². The Morgan fingerprint density at radius 2 is 2.40 bits per heavy atom. The van der Waals surface area contributed by atoms with Crippen LogP contribution in [0.4, 0.5) is 5.69 Å². The number of hydrogen-bond acceptors (Lipinski definition) is 3. The fraction of sp³-hybridized carbons (Fsp3) is 0.500. The average molecular weight is 140 g/mol. The van der Waals surface area contributed by atoms with Crippen molar-refractivity contribution < 1.29 is 0 Å². The number of anilines is 1. The lowest BCUT2D eigenvalue weighted by molar-refractivity contribution is 0.623. The van der Waals surface area contributed by atoms with Gasteiger partial charge in [0.25, 0.3) is 0 Å². The Balaban J connectivity index is 3.01. The molecule has 0 amide bonds. The molecular formula is C6H12N4. The molecule has 0 aromatic carbocycles. The normalized spacial score (nSPS) is 10.2. The highest BCUT2D eigenvalue weighted by Gasteiger charge is 2.02. The second-order valence-corrected chi connectivity index (χ2v) is 2.07. The zero-order valence-electron chi connectivity index (χ0n) is 6.04. The van der Waals surface area contributed by atoms with E-state index in [-0.39, 0.29) is 0 Å². The number of aryl methyl sites for hydroxylation is 1. The molecule has 0 aliphatic carbocycles. The van der Waals surface area contributed by atoms with E-state index in [1.807, 2.05) is 6.92 Å². The lowest BCUT2D eigenvalue weighted by atomic mass is 10.4. The molecular weight excluding hydrogens is 128 g/mol. The van der Waals surface area contributed by atoms with Gasteiger partial charge in [0.05, 0.1) is 17.6 Å². The van der Waals surface area contributed by atoms with Crippen LogP contribution in [0.25, 0.3) is 0 Å². The smallest absolute Gasteiger partial charge is 0.0749 e. The first-order chi connectivity index (χ1) is 4.79. The summed E-state index contributed by atoms with van der Waals surface area (Å²) >= 11 is 0. The van der Waals surface area contributed by atoms with E-state index in [1.54, 1.807) is 10.9 Å². The van der Waals surface area contributed by atoms with Crippen molar-refractivity contribution in [2.75, 3.05) is 5.73 Å². The van der Waals surface area contributed by atoms with E-state index in [2.05, 4.69) is 5.10 Å². The molecule has 0 radical (unpaired) electrons. The van der Waals surface area contributed by atoms with Gasteiger partial charge in [0, 0.05) is 13.1 Å². The Morgan fingerprint density at radius 3 is 2.80 bits per heavy atom. The van der Waals surface area contributed by atoms with Crippen molar-refractivity contribution in [2.45, 2.75) is 20.0 Å². The Bertz CT molecular complexity index is 216. The Morgan fingerprint density at radius 1 is 1.70 bits per heavy atom. The summed E-state index contributed by atoms with van der Waals surface area (Å²) in [4.78, 5) is 0. The molecule has 0 aliphatic heterocycles. The van der Waals surface area contributed by atoms with Crippen LogP contribution in [-0.2, 0) is 13.1 Å². The van der Waals surface area contributed by atoms with Crippen LogP contribution in [0.3, 0.4) is 0 Å². The van der Waals surface area contributed by atoms with Crippen LogP contribution in [0.1, 0.15) is 12.6 Å². The van der Waals surface area contributed by atoms with Gasteiger partial charge in [-0.2, -0.15) is 5.10 Å². The van der Waals surface area contributed by atoms with Crippen LogP contribution in [0.5, 0.6) is 0 Å². The van der Waals surface area contributed by atoms with Gasteiger partial charge in [-0.05, 0) is 6.92 Å². The SMILES string of the molecule is CCn1ncc(N)c1CN. The Hall–Kier alpha value is -1.03. The van der Waals surface area contributed by atoms with Gasteiger partial charge < -0.3 is 11.5 Å². The van der Waals surface area contributed by atoms with Gasteiger partial charge in [-0.15, -0.1) is 0 Å². The van der Waals surface area contributed by atoms with Crippen LogP contribution in [-0.4, -0.2) is 9.78 Å². The van der Waals surface area contributed by atoms with Crippen LogP contribution in [0.15, 0.2) is 6.20 Å². The van der Waals surface area contributed by atoms with E-state index in [1.165, 1.54) is 0 Å². The molecule has 1 aromatic heterocycles. The summed E-state index contributed by atoms with van der Waals surface area (Å²) in [7, 11) is 0. The van der Waals surface area contributed by atoms with Crippen LogP contribution in [0.2, 0.25) is 0 Å². The second-order valence-electron chi connectivity index (χ2n) is 2.07. The molecule has 0 unspecified atom stereocenters. The van der Waals surface area contributed by atoms with E-state index in [4.69, 9.17) is 11.5 Å². The minimum Gasteiger partial charge on any atom is -0.396 e. The molecule has 1 rings (SSSR count). The maximum atomic E-state index is 5.56. The van der Waals surface area contributed by atoms with E-state index in [0.717, 1.165) is 12.2 Å². The highest BCUT2D eigenvalue weighted by molar-refractivity contribution is 5.40. The van der Waals surface area contributed by atoms with Crippen molar-refractivity contribution in [2.24, 2.45) is 5.73 Å². The van der Waals surface area contributed by atoms with Crippen molar-refractivity contribution in [3.63, 3.8) is 0 Å². The molecule has 0 spiro atoms. The first kappa shape index (κ1) is 7.08. The Kier molecular flexibility index (Phi) is 1.91. The molecule has 4 nitrogen and oxygen atoms in total. The molecule has 0 atom stereocenters. The molecule has 1 aromatic rings. The van der Waals surface area contributed by atoms with E-state index < -0.39 is 0 Å². The Labute approximate surface area is 59.8 Å². The number of aromatic nitrogens is 2. The predicted octanol–water partition coefficient (Wildman–Crippen LogP) is -0.0561. The summed E-state index contributed by atoms with van der Waals surface area (Å²) in [6.45, 7) is 3.29. The van der Waals surface area contributed by atoms with Gasteiger partial charge in [0.1, 0.15) is 0 Å². The van der Waals surface area contributed by atoms with Crippen molar-refractivity contribution >= 4 is 5.69 Å². The zero-order chi connectivity index (χ0) is 7.56. The van der Waals surface area contributed by atoms with Gasteiger partial charge in [-0.1, -0.05) is 0 Å². The zero-order valence-corrected chi connectivity index (χ0v) is 6.04. The summed E-state index contributed by atoms with van der Waals surface area (Å²) in [5, 5.41) is 4.02. The standard InChI is InChI=1S/C6H12N4/c1-2-10-6(3-7)5(8)4-9-10/h4H,2-3,7-8H2,1H3. The first-order valence-corrected chi connectivity index (χ1v) is 3.29. The molecule has 1 heterocycles. The van der Waals surface area contributed by atoms with Gasteiger partial charge in [0.2, 0.25) is 0 Å². The molecule has 10 heavy (non-hydrogen) atoms. The van der Waals surface area contributed by atoms with Crippen molar-refractivity contribution in [3.05, 3.63) is 11.9 Å². The summed E-state index contributed by atoms with van der Waals surface area (Å²) < 4.78 is 1.80. The molecule has 0 saturated heterocycles. The lowest BCUT2D eigenvalue weighted by Gasteiger charge is -2.00. The van der Waals surface area contributed by atoms with E-state index in [0.29, 0.717) is 12.2 Å². The number of hydrogen-bond donors (Lipinski definition) is 2. The van der Waals surface area contributed by atoms with Crippen LogP contribution >= 0.6 is 0 Å². The number of rotatable bonds is 2. The molecule has 4 heteroatoms. The fourth-order valence-electron chi connectivity index (χ4n) is 0.921. The lowest BCUT2D eigenvalue weighted by Crippen LogP contribution is -2.08. The maximum absolute atomic E-state index is 5.56. The molecule has 0 fully saturated rings. The molecule has 0 saturated carbocycles. The van der Waals surface area contributed by atoms with Crippen molar-refractivity contribution in [1.29, 1.82) is 0 Å². The van der Waals surface area contributed by atoms with E-state index in [9.17, 15) is 0 Å². The summed E-state index contributed by atoms with van der Waals surface area (Å²) in [6, 6.07) is 0.